The van der Waals surface area contributed by atoms with Gasteiger partial charge in [0.2, 0.25) is 5.95 Å². The lowest BCUT2D eigenvalue weighted by Gasteiger charge is -2.16. The summed E-state index contributed by atoms with van der Waals surface area (Å²) in [6, 6.07) is 10.9. The Labute approximate surface area is 179 Å². The summed E-state index contributed by atoms with van der Waals surface area (Å²) in [5, 5.41) is 12.2. The van der Waals surface area contributed by atoms with E-state index in [1.54, 1.807) is 24.3 Å². The fourth-order valence-electron chi connectivity index (χ4n) is 2.86. The van der Waals surface area contributed by atoms with Crippen LogP contribution < -0.4 is 16.7 Å². The Morgan fingerprint density at radius 1 is 1.06 bits per heavy atom. The molecule has 0 aliphatic heterocycles. The Balaban J connectivity index is 2.07. The predicted molar refractivity (Wildman–Crippen MR) is 110 cm³/mol. The number of aliphatic hydroxyl groups excluding tert-OH is 1. The zero-order valence-electron chi connectivity index (χ0n) is 16.1. The van der Waals surface area contributed by atoms with Gasteiger partial charge >= 0.3 is 17.6 Å². The van der Waals surface area contributed by atoms with E-state index in [1.165, 1.54) is 12.1 Å². The van der Waals surface area contributed by atoms with Gasteiger partial charge in [-0.15, -0.1) is 0 Å². The number of benzene rings is 2. The minimum atomic E-state index is -4.55. The number of halogens is 4. The maximum Gasteiger partial charge on any atom is 0.416 e. The van der Waals surface area contributed by atoms with E-state index in [0.29, 0.717) is 10.6 Å². The van der Waals surface area contributed by atoms with Gasteiger partial charge in [0.25, 0.3) is 0 Å². The maximum absolute atomic E-state index is 13.0. The van der Waals surface area contributed by atoms with Gasteiger partial charge in [0, 0.05) is 23.9 Å². The first-order valence-corrected chi connectivity index (χ1v) is 9.58. The average Bonchev–Trinajstić information content (AvgIpc) is 2.72. The van der Waals surface area contributed by atoms with Crippen molar-refractivity contribution >= 4 is 23.2 Å². The second kappa shape index (κ2) is 9.36. The number of alkyl halides is 3. The average molecular weight is 455 g/mol. The van der Waals surface area contributed by atoms with Gasteiger partial charge in [-0.2, -0.15) is 18.2 Å². The van der Waals surface area contributed by atoms with Gasteiger partial charge in [-0.05, 0) is 42.3 Å². The van der Waals surface area contributed by atoms with Crippen molar-refractivity contribution in [1.82, 2.24) is 14.1 Å². The molecule has 0 aliphatic carbocycles. The Hall–Kier alpha value is -3.11. The van der Waals surface area contributed by atoms with E-state index < -0.39 is 23.1 Å². The smallest absolute Gasteiger partial charge is 0.396 e. The van der Waals surface area contributed by atoms with Crippen molar-refractivity contribution in [1.29, 1.82) is 0 Å². The van der Waals surface area contributed by atoms with E-state index in [1.807, 2.05) is 0 Å². The monoisotopic (exact) mass is 454 g/mol. The van der Waals surface area contributed by atoms with Gasteiger partial charge in [-0.25, -0.2) is 14.2 Å². The summed E-state index contributed by atoms with van der Waals surface area (Å²) in [4.78, 5) is 29.2. The summed E-state index contributed by atoms with van der Waals surface area (Å²) in [5.74, 6) is -0.204. The van der Waals surface area contributed by atoms with Gasteiger partial charge < -0.3 is 10.4 Å². The molecule has 11 heteroatoms. The molecular formula is C20H18ClF3N4O3. The molecule has 0 bridgehead atoms. The highest BCUT2D eigenvalue weighted by Crippen LogP contribution is 2.31. The molecule has 31 heavy (non-hydrogen) atoms. The third-order valence-electron chi connectivity index (χ3n) is 4.39. The number of nitrogens with one attached hydrogen (secondary N) is 1. The van der Waals surface area contributed by atoms with E-state index in [9.17, 15) is 22.8 Å². The molecule has 164 valence electrons. The largest absolute Gasteiger partial charge is 0.416 e. The summed E-state index contributed by atoms with van der Waals surface area (Å²) in [6.07, 6.45) is -4.39. The lowest BCUT2D eigenvalue weighted by molar-refractivity contribution is -0.137. The number of rotatable bonds is 7. The van der Waals surface area contributed by atoms with Gasteiger partial charge in [0.05, 0.1) is 12.1 Å². The van der Waals surface area contributed by atoms with Crippen molar-refractivity contribution in [3.05, 3.63) is 85.6 Å². The standard InChI is InChI=1S/C20H18ClF3N4O3/c21-15-7-5-13(6-8-15)12-28-17(26-18(30)27(19(28)31)9-2-10-29)25-16-4-1-3-14(11-16)20(22,23)24/h1,3-8,11,29H,2,9-10,12H2,(H,25,26,30). The molecular weight excluding hydrogens is 437 g/mol. The molecule has 0 amide bonds. The number of hydrogen-bond acceptors (Lipinski definition) is 5. The van der Waals surface area contributed by atoms with Crippen molar-refractivity contribution in [2.75, 3.05) is 11.9 Å². The van der Waals surface area contributed by atoms with Crippen molar-refractivity contribution in [2.24, 2.45) is 0 Å². The Morgan fingerprint density at radius 2 is 1.77 bits per heavy atom. The zero-order chi connectivity index (χ0) is 22.6. The molecule has 0 saturated heterocycles. The summed E-state index contributed by atoms with van der Waals surface area (Å²) in [5.41, 5.74) is -1.80. The van der Waals surface area contributed by atoms with Crippen LogP contribution in [0.3, 0.4) is 0 Å². The van der Waals surface area contributed by atoms with Gasteiger partial charge in [0.1, 0.15) is 0 Å². The van der Waals surface area contributed by atoms with Crippen LogP contribution in [0.15, 0.2) is 58.1 Å². The van der Waals surface area contributed by atoms with Crippen molar-refractivity contribution < 1.29 is 18.3 Å². The highest BCUT2D eigenvalue weighted by Gasteiger charge is 2.30. The first kappa shape index (κ1) is 22.6. The lowest BCUT2D eigenvalue weighted by Crippen LogP contribution is -2.42. The minimum absolute atomic E-state index is 0.0102. The number of anilines is 2. The molecule has 1 heterocycles. The number of nitrogens with zero attached hydrogens (tertiary/aromatic N) is 3. The predicted octanol–water partition coefficient (Wildman–Crippen LogP) is 3.25. The molecule has 3 rings (SSSR count). The minimum Gasteiger partial charge on any atom is -0.396 e. The third kappa shape index (κ3) is 5.53. The molecule has 3 aromatic rings. The first-order valence-electron chi connectivity index (χ1n) is 9.20. The molecule has 2 N–H and O–H groups in total. The second-order valence-corrected chi connectivity index (χ2v) is 7.08. The van der Waals surface area contributed by atoms with E-state index in [0.717, 1.165) is 21.3 Å². The number of aliphatic hydroxyl groups is 1. The van der Waals surface area contributed by atoms with Crippen LogP contribution in [0.25, 0.3) is 0 Å². The topological polar surface area (TPSA) is 89.2 Å². The first-order chi connectivity index (χ1) is 14.7. The molecule has 0 aliphatic rings. The van der Waals surface area contributed by atoms with Crippen molar-refractivity contribution in [2.45, 2.75) is 25.7 Å². The molecule has 7 nitrogen and oxygen atoms in total. The Morgan fingerprint density at radius 3 is 2.42 bits per heavy atom. The molecule has 0 radical (unpaired) electrons. The van der Waals surface area contributed by atoms with E-state index >= 15 is 0 Å². The fraction of sp³-hybridized carbons (Fsp3) is 0.250. The van der Waals surface area contributed by atoms with Crippen LogP contribution in [0.1, 0.15) is 17.5 Å². The molecule has 0 fully saturated rings. The molecule has 2 aromatic carbocycles. The molecule has 0 atom stereocenters. The summed E-state index contributed by atoms with van der Waals surface area (Å²) in [7, 11) is 0. The Kier molecular flexibility index (Phi) is 6.81. The van der Waals surface area contributed by atoms with E-state index in [4.69, 9.17) is 16.7 Å². The highest BCUT2D eigenvalue weighted by atomic mass is 35.5. The number of hydrogen-bond donors (Lipinski definition) is 2. The van der Waals surface area contributed by atoms with Crippen molar-refractivity contribution in [3.8, 4) is 0 Å². The summed E-state index contributed by atoms with van der Waals surface area (Å²) < 4.78 is 41.1. The van der Waals surface area contributed by atoms with Crippen LogP contribution in [-0.2, 0) is 19.3 Å². The van der Waals surface area contributed by atoms with Crippen LogP contribution >= 0.6 is 11.6 Å². The van der Waals surface area contributed by atoms with Crippen LogP contribution in [0.5, 0.6) is 0 Å². The van der Waals surface area contributed by atoms with Crippen LogP contribution in [0.4, 0.5) is 24.8 Å². The molecule has 0 saturated carbocycles. The molecule has 1 aromatic heterocycles. The van der Waals surface area contributed by atoms with Gasteiger partial charge in [-0.1, -0.05) is 29.8 Å². The van der Waals surface area contributed by atoms with Gasteiger partial charge in [0.15, 0.2) is 0 Å². The van der Waals surface area contributed by atoms with Crippen LogP contribution in [0, 0.1) is 0 Å². The maximum atomic E-state index is 13.0. The summed E-state index contributed by atoms with van der Waals surface area (Å²) >= 11 is 5.89. The lowest BCUT2D eigenvalue weighted by atomic mass is 10.2. The SMILES string of the molecule is O=c1nc(Nc2cccc(C(F)(F)F)c2)n(Cc2ccc(Cl)cc2)c(=O)n1CCCO. The highest BCUT2D eigenvalue weighted by molar-refractivity contribution is 6.30. The number of aromatic nitrogens is 3. The van der Waals surface area contributed by atoms with E-state index in [2.05, 4.69) is 10.3 Å². The van der Waals surface area contributed by atoms with Crippen LogP contribution in [0.2, 0.25) is 5.02 Å². The zero-order valence-corrected chi connectivity index (χ0v) is 16.8. The Bertz CT molecular complexity index is 1170. The second-order valence-electron chi connectivity index (χ2n) is 6.65. The van der Waals surface area contributed by atoms with Crippen molar-refractivity contribution in [3.63, 3.8) is 0 Å². The third-order valence-corrected chi connectivity index (χ3v) is 4.64. The molecule has 0 spiro atoms. The summed E-state index contributed by atoms with van der Waals surface area (Å²) in [6.45, 7) is -0.289. The quantitative estimate of drug-likeness (QED) is 0.572. The van der Waals surface area contributed by atoms with Crippen LogP contribution in [-0.4, -0.2) is 25.8 Å². The van der Waals surface area contributed by atoms with Gasteiger partial charge in [-0.3, -0.25) is 4.57 Å². The molecule has 0 unspecified atom stereocenters. The fourth-order valence-corrected chi connectivity index (χ4v) is 2.99. The normalized spacial score (nSPS) is 11.5. The van der Waals surface area contributed by atoms with E-state index in [-0.39, 0.29) is 37.8 Å².